The second-order valence-corrected chi connectivity index (χ2v) is 6.57. The van der Waals surface area contributed by atoms with Crippen molar-refractivity contribution < 1.29 is 4.79 Å². The van der Waals surface area contributed by atoms with Crippen LogP contribution in [0.4, 0.5) is 0 Å². The van der Waals surface area contributed by atoms with Gasteiger partial charge in [0, 0.05) is 46.9 Å². The Morgan fingerprint density at radius 1 is 1.20 bits per heavy atom. The fourth-order valence-corrected chi connectivity index (χ4v) is 3.37. The fourth-order valence-electron chi connectivity index (χ4n) is 2.54. The van der Waals surface area contributed by atoms with Gasteiger partial charge in [0.1, 0.15) is 11.6 Å². The van der Waals surface area contributed by atoms with Crippen LogP contribution in [0.5, 0.6) is 0 Å². The molecule has 7 heteroatoms. The van der Waals surface area contributed by atoms with E-state index in [0.29, 0.717) is 6.54 Å². The zero-order chi connectivity index (χ0) is 17.8. The molecule has 0 aromatic carbocycles. The summed E-state index contributed by atoms with van der Waals surface area (Å²) < 4.78 is 1.82. The topological polar surface area (TPSA) is 76.9 Å². The van der Waals surface area contributed by atoms with Crippen LogP contribution in [0.2, 0.25) is 0 Å². The maximum absolute atomic E-state index is 12.2. The molecule has 3 heterocycles. The van der Waals surface area contributed by atoms with E-state index >= 15 is 0 Å². The molecule has 1 amide bonds. The van der Waals surface area contributed by atoms with E-state index in [9.17, 15) is 9.59 Å². The standard InChI is InChI=1S/C18H18N4O2S/c1-12-7-16(23)8-13(2)22(12)10-17(24)20-9-15-11-25-18(21-15)14-3-5-19-6-4-14/h3-8,11H,9-10H2,1-2H3,(H,20,24). The number of carbonyl (C=O) groups excluding carboxylic acids is 1. The van der Waals surface area contributed by atoms with Gasteiger partial charge in [0.15, 0.2) is 5.43 Å². The van der Waals surface area contributed by atoms with Crippen LogP contribution < -0.4 is 10.7 Å². The zero-order valence-corrected chi connectivity index (χ0v) is 14.8. The van der Waals surface area contributed by atoms with Crippen molar-refractivity contribution in [3.05, 3.63) is 69.3 Å². The van der Waals surface area contributed by atoms with Crippen molar-refractivity contribution in [2.75, 3.05) is 0 Å². The third-order valence-electron chi connectivity index (χ3n) is 3.80. The number of nitrogens with zero attached hydrogens (tertiary/aromatic N) is 3. The Morgan fingerprint density at radius 3 is 2.56 bits per heavy atom. The highest BCUT2D eigenvalue weighted by atomic mass is 32.1. The summed E-state index contributed by atoms with van der Waals surface area (Å²) >= 11 is 1.53. The molecule has 3 rings (SSSR count). The average molecular weight is 354 g/mol. The van der Waals surface area contributed by atoms with E-state index in [1.54, 1.807) is 12.4 Å². The Morgan fingerprint density at radius 2 is 1.88 bits per heavy atom. The molecule has 25 heavy (non-hydrogen) atoms. The summed E-state index contributed by atoms with van der Waals surface area (Å²) in [6, 6.07) is 6.87. The molecule has 0 atom stereocenters. The molecule has 0 aliphatic carbocycles. The van der Waals surface area contributed by atoms with Crippen LogP contribution in [-0.2, 0) is 17.9 Å². The second-order valence-electron chi connectivity index (χ2n) is 5.72. The van der Waals surface area contributed by atoms with Crippen LogP contribution >= 0.6 is 11.3 Å². The van der Waals surface area contributed by atoms with Crippen molar-refractivity contribution in [1.82, 2.24) is 19.9 Å². The summed E-state index contributed by atoms with van der Waals surface area (Å²) in [6.45, 7) is 4.20. The highest BCUT2D eigenvalue weighted by molar-refractivity contribution is 7.13. The second kappa shape index (κ2) is 7.40. The Hall–Kier alpha value is -2.80. The minimum Gasteiger partial charge on any atom is -0.349 e. The minimum absolute atomic E-state index is 0.0437. The summed E-state index contributed by atoms with van der Waals surface area (Å²) in [6.07, 6.45) is 3.46. The Kier molecular flexibility index (Phi) is 5.04. The number of amides is 1. The van der Waals surface area contributed by atoms with Gasteiger partial charge in [0.2, 0.25) is 5.91 Å². The van der Waals surface area contributed by atoms with Gasteiger partial charge >= 0.3 is 0 Å². The lowest BCUT2D eigenvalue weighted by Gasteiger charge is -2.13. The molecule has 6 nitrogen and oxygen atoms in total. The van der Waals surface area contributed by atoms with Crippen molar-refractivity contribution in [3.63, 3.8) is 0 Å². The molecule has 0 saturated carbocycles. The number of aromatic nitrogens is 3. The molecule has 0 fully saturated rings. The van der Waals surface area contributed by atoms with Gasteiger partial charge in [-0.05, 0) is 26.0 Å². The fraction of sp³-hybridized carbons (Fsp3) is 0.222. The third kappa shape index (κ3) is 4.19. The first-order valence-electron chi connectivity index (χ1n) is 7.82. The number of aryl methyl sites for hydroxylation is 2. The van der Waals surface area contributed by atoms with Crippen LogP contribution in [0, 0.1) is 13.8 Å². The maximum Gasteiger partial charge on any atom is 0.240 e. The molecule has 128 valence electrons. The summed E-state index contributed by atoms with van der Waals surface area (Å²) in [5.74, 6) is -0.117. The molecule has 0 aliphatic rings. The van der Waals surface area contributed by atoms with Crippen LogP contribution in [0.3, 0.4) is 0 Å². The molecule has 3 aromatic rings. The average Bonchev–Trinajstić information content (AvgIpc) is 3.06. The lowest BCUT2D eigenvalue weighted by Crippen LogP contribution is -2.29. The van der Waals surface area contributed by atoms with E-state index in [0.717, 1.165) is 27.7 Å². The Bertz CT molecular complexity index is 921. The SMILES string of the molecule is Cc1cc(=O)cc(C)n1CC(=O)NCc1csc(-c2ccncc2)n1. The van der Waals surface area contributed by atoms with Gasteiger partial charge in [0.25, 0.3) is 0 Å². The monoisotopic (exact) mass is 354 g/mol. The predicted molar refractivity (Wildman–Crippen MR) is 97.4 cm³/mol. The van der Waals surface area contributed by atoms with E-state index in [1.807, 2.05) is 35.9 Å². The number of carbonyl (C=O) groups is 1. The summed E-state index contributed by atoms with van der Waals surface area (Å²) in [5.41, 5.74) is 3.33. The van der Waals surface area contributed by atoms with Crippen molar-refractivity contribution >= 4 is 17.2 Å². The Labute approximate surface area is 149 Å². The van der Waals surface area contributed by atoms with E-state index in [2.05, 4.69) is 15.3 Å². The maximum atomic E-state index is 12.2. The van der Waals surface area contributed by atoms with Gasteiger partial charge in [-0.3, -0.25) is 14.6 Å². The van der Waals surface area contributed by atoms with Crippen LogP contribution in [0.1, 0.15) is 17.1 Å². The van der Waals surface area contributed by atoms with Crippen molar-refractivity contribution in [1.29, 1.82) is 0 Å². The van der Waals surface area contributed by atoms with Gasteiger partial charge < -0.3 is 9.88 Å². The van der Waals surface area contributed by atoms with Gasteiger partial charge in [0.05, 0.1) is 12.2 Å². The minimum atomic E-state index is -0.117. The molecule has 0 aliphatic heterocycles. The van der Waals surface area contributed by atoms with Gasteiger partial charge in [-0.2, -0.15) is 0 Å². The highest BCUT2D eigenvalue weighted by Gasteiger charge is 2.09. The molecular formula is C18H18N4O2S. The zero-order valence-electron chi connectivity index (χ0n) is 14.0. The molecule has 3 aromatic heterocycles. The Balaban J connectivity index is 1.62. The number of hydrogen-bond donors (Lipinski definition) is 1. The first kappa shape index (κ1) is 17.0. The van der Waals surface area contributed by atoms with Crippen LogP contribution in [0.15, 0.2) is 46.8 Å². The van der Waals surface area contributed by atoms with Crippen LogP contribution in [-0.4, -0.2) is 20.4 Å². The number of hydrogen-bond acceptors (Lipinski definition) is 5. The summed E-state index contributed by atoms with van der Waals surface area (Å²) in [7, 11) is 0. The number of rotatable bonds is 5. The first-order chi connectivity index (χ1) is 12.0. The number of thiazole rings is 1. The van der Waals surface area contributed by atoms with Crippen LogP contribution in [0.25, 0.3) is 10.6 Å². The number of pyridine rings is 2. The molecule has 0 unspecified atom stereocenters. The number of nitrogens with one attached hydrogen (secondary N) is 1. The normalized spacial score (nSPS) is 10.6. The van der Waals surface area contributed by atoms with E-state index < -0.39 is 0 Å². The highest BCUT2D eigenvalue weighted by Crippen LogP contribution is 2.22. The first-order valence-corrected chi connectivity index (χ1v) is 8.70. The van der Waals surface area contributed by atoms with Gasteiger partial charge in [-0.1, -0.05) is 0 Å². The molecule has 0 radical (unpaired) electrons. The summed E-state index contributed by atoms with van der Waals surface area (Å²) in [4.78, 5) is 32.2. The van der Waals surface area contributed by atoms with Gasteiger partial charge in [-0.25, -0.2) is 4.98 Å². The van der Waals surface area contributed by atoms with Crippen molar-refractivity contribution in [3.8, 4) is 10.6 Å². The lowest BCUT2D eigenvalue weighted by molar-refractivity contribution is -0.121. The van der Waals surface area contributed by atoms with E-state index in [-0.39, 0.29) is 17.9 Å². The molecular weight excluding hydrogens is 336 g/mol. The predicted octanol–water partition coefficient (Wildman–Crippen LogP) is 2.30. The quantitative estimate of drug-likeness (QED) is 0.763. The molecule has 1 N–H and O–H groups in total. The molecule has 0 bridgehead atoms. The smallest absolute Gasteiger partial charge is 0.240 e. The third-order valence-corrected chi connectivity index (χ3v) is 4.74. The van der Waals surface area contributed by atoms with Crippen molar-refractivity contribution in [2.24, 2.45) is 0 Å². The summed E-state index contributed by atoms with van der Waals surface area (Å²) in [5, 5.41) is 5.71. The van der Waals surface area contributed by atoms with Gasteiger partial charge in [-0.15, -0.1) is 11.3 Å². The molecule has 0 saturated heterocycles. The van der Waals surface area contributed by atoms with E-state index in [4.69, 9.17) is 0 Å². The largest absolute Gasteiger partial charge is 0.349 e. The lowest BCUT2D eigenvalue weighted by atomic mass is 10.3. The van der Waals surface area contributed by atoms with Crippen molar-refractivity contribution in [2.45, 2.75) is 26.9 Å². The van der Waals surface area contributed by atoms with E-state index in [1.165, 1.54) is 23.5 Å². The molecule has 0 spiro atoms.